The third-order valence-electron chi connectivity index (χ3n) is 1.83. The summed E-state index contributed by atoms with van der Waals surface area (Å²) < 4.78 is 4.57. The van der Waals surface area contributed by atoms with Crippen LogP contribution in [0.25, 0.3) is 0 Å². The van der Waals surface area contributed by atoms with Gasteiger partial charge >= 0.3 is 5.97 Å². The molecule has 0 aliphatic rings. The summed E-state index contributed by atoms with van der Waals surface area (Å²) in [5.74, 6) is -0.196. The van der Waals surface area contributed by atoms with Crippen molar-refractivity contribution in [2.45, 2.75) is 12.6 Å². The SMILES string of the molecule is COC(=O)Cc1ccc(CP)cc1. The Hall–Kier alpha value is -0.880. The fourth-order valence-electron chi connectivity index (χ4n) is 1.03. The molecular weight excluding hydrogens is 183 g/mol. The first-order valence-electron chi connectivity index (χ1n) is 4.11. The van der Waals surface area contributed by atoms with E-state index in [1.807, 2.05) is 24.3 Å². The van der Waals surface area contributed by atoms with Gasteiger partial charge in [0.05, 0.1) is 13.5 Å². The monoisotopic (exact) mass is 196 g/mol. The summed E-state index contributed by atoms with van der Waals surface area (Å²) >= 11 is 0. The van der Waals surface area contributed by atoms with Crippen LogP contribution in [0.1, 0.15) is 11.1 Å². The van der Waals surface area contributed by atoms with Crippen molar-refractivity contribution in [1.82, 2.24) is 0 Å². The molecular formula is C10H13O2P. The van der Waals surface area contributed by atoms with E-state index in [4.69, 9.17) is 0 Å². The van der Waals surface area contributed by atoms with Crippen molar-refractivity contribution < 1.29 is 9.53 Å². The topological polar surface area (TPSA) is 26.3 Å². The highest BCUT2D eigenvalue weighted by atomic mass is 31.0. The highest BCUT2D eigenvalue weighted by Gasteiger charge is 2.01. The molecule has 0 saturated heterocycles. The Morgan fingerprint density at radius 1 is 1.31 bits per heavy atom. The minimum absolute atomic E-state index is 0.196. The molecule has 1 rings (SSSR count). The molecule has 0 saturated carbocycles. The Morgan fingerprint density at radius 3 is 2.31 bits per heavy atom. The maximum atomic E-state index is 10.9. The molecule has 1 aromatic rings. The molecule has 0 amide bonds. The van der Waals surface area contributed by atoms with E-state index in [2.05, 4.69) is 14.0 Å². The van der Waals surface area contributed by atoms with Crippen molar-refractivity contribution in [2.24, 2.45) is 0 Å². The van der Waals surface area contributed by atoms with E-state index >= 15 is 0 Å². The van der Waals surface area contributed by atoms with Crippen LogP contribution < -0.4 is 0 Å². The van der Waals surface area contributed by atoms with Crippen LogP contribution in [0.3, 0.4) is 0 Å². The molecule has 0 fully saturated rings. The minimum Gasteiger partial charge on any atom is -0.469 e. The van der Waals surface area contributed by atoms with E-state index in [-0.39, 0.29) is 5.97 Å². The highest BCUT2D eigenvalue weighted by Crippen LogP contribution is 2.08. The Labute approximate surface area is 80.5 Å². The van der Waals surface area contributed by atoms with E-state index in [1.165, 1.54) is 12.7 Å². The Bertz CT molecular complexity index is 279. The first-order chi connectivity index (χ1) is 6.26. The number of hydrogen-bond donors (Lipinski definition) is 0. The van der Waals surface area contributed by atoms with E-state index in [1.54, 1.807) is 0 Å². The predicted octanol–water partition coefficient (Wildman–Crippen LogP) is 1.78. The molecule has 1 atom stereocenters. The summed E-state index contributed by atoms with van der Waals surface area (Å²) in [5.41, 5.74) is 2.24. The van der Waals surface area contributed by atoms with Crippen LogP contribution in [-0.2, 0) is 22.1 Å². The van der Waals surface area contributed by atoms with Gasteiger partial charge in [-0.05, 0) is 17.3 Å². The first kappa shape index (κ1) is 10.2. The maximum absolute atomic E-state index is 10.9. The van der Waals surface area contributed by atoms with Crippen molar-refractivity contribution in [3.63, 3.8) is 0 Å². The Kier molecular flexibility index (Phi) is 3.91. The Morgan fingerprint density at radius 2 is 1.85 bits per heavy atom. The fraction of sp³-hybridized carbons (Fsp3) is 0.300. The highest BCUT2D eigenvalue weighted by molar-refractivity contribution is 7.15. The van der Waals surface area contributed by atoms with Gasteiger partial charge in [-0.2, -0.15) is 0 Å². The van der Waals surface area contributed by atoms with Gasteiger partial charge in [0.25, 0.3) is 0 Å². The molecule has 13 heavy (non-hydrogen) atoms. The fourth-order valence-corrected chi connectivity index (χ4v) is 1.30. The number of rotatable bonds is 3. The van der Waals surface area contributed by atoms with Crippen LogP contribution in [0.4, 0.5) is 0 Å². The minimum atomic E-state index is -0.196. The molecule has 70 valence electrons. The molecule has 0 heterocycles. The second kappa shape index (κ2) is 4.98. The number of esters is 1. The smallest absolute Gasteiger partial charge is 0.309 e. The number of ether oxygens (including phenoxy) is 1. The van der Waals surface area contributed by atoms with Crippen LogP contribution >= 0.6 is 9.24 Å². The lowest BCUT2D eigenvalue weighted by Gasteiger charge is -2.00. The molecule has 1 unspecified atom stereocenters. The van der Waals surface area contributed by atoms with Crippen LogP contribution in [0, 0.1) is 0 Å². The Balaban J connectivity index is 2.64. The summed E-state index contributed by atoms with van der Waals surface area (Å²) in [4.78, 5) is 10.9. The number of methoxy groups -OCH3 is 1. The molecule has 0 aliphatic carbocycles. The van der Waals surface area contributed by atoms with Crippen LogP contribution in [0.15, 0.2) is 24.3 Å². The second-order valence-electron chi connectivity index (χ2n) is 2.77. The number of carbonyl (C=O) groups is 1. The lowest BCUT2D eigenvalue weighted by Crippen LogP contribution is -2.04. The maximum Gasteiger partial charge on any atom is 0.309 e. The van der Waals surface area contributed by atoms with Crippen molar-refractivity contribution >= 4 is 15.2 Å². The van der Waals surface area contributed by atoms with E-state index in [9.17, 15) is 4.79 Å². The van der Waals surface area contributed by atoms with Crippen molar-refractivity contribution in [3.05, 3.63) is 35.4 Å². The number of hydrogen-bond acceptors (Lipinski definition) is 2. The van der Waals surface area contributed by atoms with Crippen molar-refractivity contribution in [3.8, 4) is 0 Å². The third kappa shape index (κ3) is 3.16. The predicted molar refractivity (Wildman–Crippen MR) is 55.6 cm³/mol. The van der Waals surface area contributed by atoms with Gasteiger partial charge in [0.15, 0.2) is 0 Å². The molecule has 0 aliphatic heterocycles. The van der Waals surface area contributed by atoms with Gasteiger partial charge in [-0.15, -0.1) is 9.24 Å². The van der Waals surface area contributed by atoms with Crippen LogP contribution in [0.2, 0.25) is 0 Å². The average Bonchev–Trinajstić information content (AvgIpc) is 2.19. The summed E-state index contributed by atoms with van der Waals surface area (Å²) in [7, 11) is 4.06. The lowest BCUT2D eigenvalue weighted by atomic mass is 10.1. The molecule has 0 radical (unpaired) electrons. The third-order valence-corrected chi connectivity index (χ3v) is 2.31. The van der Waals surface area contributed by atoms with Crippen LogP contribution in [-0.4, -0.2) is 13.1 Å². The molecule has 0 N–H and O–H groups in total. The van der Waals surface area contributed by atoms with Gasteiger partial charge in [-0.1, -0.05) is 24.3 Å². The largest absolute Gasteiger partial charge is 0.469 e. The lowest BCUT2D eigenvalue weighted by molar-refractivity contribution is -0.139. The number of benzene rings is 1. The quantitative estimate of drug-likeness (QED) is 0.544. The van der Waals surface area contributed by atoms with Gasteiger partial charge in [0.2, 0.25) is 0 Å². The summed E-state index contributed by atoms with van der Waals surface area (Å²) in [5, 5.41) is 0. The first-order valence-corrected chi connectivity index (χ1v) is 4.92. The molecule has 2 nitrogen and oxygen atoms in total. The van der Waals surface area contributed by atoms with Crippen molar-refractivity contribution in [2.75, 3.05) is 7.11 Å². The average molecular weight is 196 g/mol. The second-order valence-corrected chi connectivity index (χ2v) is 3.18. The standard InChI is InChI=1S/C10H13O2P/c1-12-10(11)6-8-2-4-9(7-13)5-3-8/h2-5H,6-7,13H2,1H3. The van der Waals surface area contributed by atoms with Gasteiger partial charge < -0.3 is 4.74 Å². The van der Waals surface area contributed by atoms with Gasteiger partial charge in [-0.25, -0.2) is 0 Å². The molecule has 1 aromatic carbocycles. The van der Waals surface area contributed by atoms with Crippen molar-refractivity contribution in [1.29, 1.82) is 0 Å². The zero-order valence-electron chi connectivity index (χ0n) is 7.62. The summed E-state index contributed by atoms with van der Waals surface area (Å²) in [6.45, 7) is 0. The van der Waals surface area contributed by atoms with Gasteiger partial charge in [0.1, 0.15) is 0 Å². The molecule has 0 spiro atoms. The summed E-state index contributed by atoms with van der Waals surface area (Å²) in [6, 6.07) is 7.95. The van der Waals surface area contributed by atoms with E-state index in [0.29, 0.717) is 6.42 Å². The normalized spacial score (nSPS) is 9.69. The molecule has 0 bridgehead atoms. The number of carbonyl (C=O) groups excluding carboxylic acids is 1. The zero-order valence-corrected chi connectivity index (χ0v) is 8.77. The summed E-state index contributed by atoms with van der Waals surface area (Å²) in [6.07, 6.45) is 1.30. The van der Waals surface area contributed by atoms with Gasteiger partial charge in [-0.3, -0.25) is 4.79 Å². The zero-order chi connectivity index (χ0) is 9.68. The molecule has 3 heteroatoms. The van der Waals surface area contributed by atoms with E-state index < -0.39 is 0 Å². The van der Waals surface area contributed by atoms with Crippen LogP contribution in [0.5, 0.6) is 0 Å². The van der Waals surface area contributed by atoms with E-state index in [0.717, 1.165) is 11.7 Å². The van der Waals surface area contributed by atoms with Gasteiger partial charge in [0, 0.05) is 0 Å². The molecule has 0 aromatic heterocycles.